The normalized spacial score (nSPS) is 11.3. The molecule has 29 heavy (non-hydrogen) atoms. The molecule has 0 saturated carbocycles. The van der Waals surface area contributed by atoms with Crippen molar-refractivity contribution in [3.05, 3.63) is 69.8 Å². The molecule has 0 unspecified atom stereocenters. The number of ether oxygens (including phenoxy) is 2. The quantitative estimate of drug-likeness (QED) is 0.354. The van der Waals surface area contributed by atoms with Crippen LogP contribution in [0.15, 0.2) is 48.5 Å². The fourth-order valence-electron chi connectivity index (χ4n) is 2.52. The van der Waals surface area contributed by atoms with E-state index in [1.807, 2.05) is 6.07 Å². The Hall–Kier alpha value is -3.62. The fourth-order valence-corrected chi connectivity index (χ4v) is 2.52. The number of rotatable bonds is 10. The first-order valence-corrected chi connectivity index (χ1v) is 8.94. The fraction of sp³-hybridized carbons (Fsp3) is 0.300. The summed E-state index contributed by atoms with van der Waals surface area (Å²) in [6, 6.07) is 12.3. The molecule has 0 fully saturated rings. The molecule has 0 spiro atoms. The Morgan fingerprint density at radius 2 is 1.93 bits per heavy atom. The van der Waals surface area contributed by atoms with Crippen molar-refractivity contribution in [3.63, 3.8) is 0 Å². The molecule has 0 aliphatic rings. The first kappa shape index (κ1) is 21.7. The van der Waals surface area contributed by atoms with E-state index in [0.29, 0.717) is 0 Å². The van der Waals surface area contributed by atoms with Gasteiger partial charge in [0.15, 0.2) is 5.75 Å². The molecule has 0 heterocycles. The molecule has 154 valence electrons. The molecule has 0 aliphatic carbocycles. The number of carbonyl (C=O) groups is 2. The highest BCUT2D eigenvalue weighted by atomic mass is 16.6. The van der Waals surface area contributed by atoms with Crippen molar-refractivity contribution in [2.45, 2.75) is 32.4 Å². The smallest absolute Gasteiger partial charge is 0.408 e. The molecule has 1 amide bonds. The number of hydrogen-bond acceptors (Lipinski definition) is 6. The van der Waals surface area contributed by atoms with Crippen molar-refractivity contribution in [1.29, 1.82) is 0 Å². The highest BCUT2D eigenvalue weighted by Gasteiger charge is 2.21. The maximum Gasteiger partial charge on any atom is 0.408 e. The van der Waals surface area contributed by atoms with Crippen LogP contribution in [0, 0.1) is 17.0 Å². The number of nitro benzene ring substituents is 1. The van der Waals surface area contributed by atoms with Crippen LogP contribution in [0.4, 0.5) is 10.5 Å². The molecule has 9 heteroatoms. The van der Waals surface area contributed by atoms with Gasteiger partial charge in [-0.05, 0) is 37.0 Å². The Morgan fingerprint density at radius 1 is 1.21 bits per heavy atom. The van der Waals surface area contributed by atoms with Gasteiger partial charge in [0.2, 0.25) is 0 Å². The Morgan fingerprint density at radius 3 is 2.59 bits per heavy atom. The number of amides is 1. The summed E-state index contributed by atoms with van der Waals surface area (Å²) in [7, 11) is 0. The van der Waals surface area contributed by atoms with Crippen LogP contribution in [-0.4, -0.2) is 34.7 Å². The maximum atomic E-state index is 11.8. The third-order valence-corrected chi connectivity index (χ3v) is 4.01. The van der Waals surface area contributed by atoms with Crippen LogP contribution in [-0.2, 0) is 16.1 Å². The van der Waals surface area contributed by atoms with Crippen LogP contribution in [0.1, 0.15) is 24.0 Å². The minimum Gasteiger partial charge on any atom is -0.487 e. The molecule has 2 aromatic rings. The molecule has 0 aliphatic heterocycles. The van der Waals surface area contributed by atoms with Gasteiger partial charge in [-0.25, -0.2) is 9.59 Å². The number of carboxylic acids is 1. The van der Waals surface area contributed by atoms with Crippen molar-refractivity contribution in [1.82, 2.24) is 5.32 Å². The predicted molar refractivity (Wildman–Crippen MR) is 104 cm³/mol. The summed E-state index contributed by atoms with van der Waals surface area (Å²) >= 11 is 0. The topological polar surface area (TPSA) is 128 Å². The third-order valence-electron chi connectivity index (χ3n) is 4.01. The molecular formula is C20H22N2O7. The molecule has 0 aromatic heterocycles. The highest BCUT2D eigenvalue weighted by molar-refractivity contribution is 5.79. The zero-order valence-corrected chi connectivity index (χ0v) is 15.9. The summed E-state index contributed by atoms with van der Waals surface area (Å²) in [6.45, 7) is 1.87. The van der Waals surface area contributed by atoms with Gasteiger partial charge in [0, 0.05) is 6.07 Å². The molecule has 0 saturated heterocycles. The second kappa shape index (κ2) is 10.6. The number of carbonyl (C=O) groups excluding carboxylic acids is 1. The molecule has 0 bridgehead atoms. The number of hydrogen-bond donors (Lipinski definition) is 2. The second-order valence-corrected chi connectivity index (χ2v) is 6.32. The molecule has 1 atom stereocenters. The van der Waals surface area contributed by atoms with Crippen LogP contribution in [0.25, 0.3) is 0 Å². The SMILES string of the molecule is Cc1ccc([N+](=O)[O-])c(OCCC[C@H](NC(=O)OCc2ccccc2)C(=O)O)c1. The van der Waals surface area contributed by atoms with E-state index in [1.165, 1.54) is 6.07 Å². The van der Waals surface area contributed by atoms with Gasteiger partial charge in [-0.2, -0.15) is 0 Å². The van der Waals surface area contributed by atoms with Gasteiger partial charge in [0.05, 0.1) is 11.5 Å². The van der Waals surface area contributed by atoms with Gasteiger partial charge in [0.1, 0.15) is 12.6 Å². The molecule has 9 nitrogen and oxygen atoms in total. The second-order valence-electron chi connectivity index (χ2n) is 6.32. The molecule has 2 rings (SSSR count). The van der Waals surface area contributed by atoms with Gasteiger partial charge in [-0.3, -0.25) is 10.1 Å². The van der Waals surface area contributed by atoms with Gasteiger partial charge in [-0.15, -0.1) is 0 Å². The van der Waals surface area contributed by atoms with E-state index in [1.54, 1.807) is 43.3 Å². The number of benzene rings is 2. The third kappa shape index (κ3) is 7.13. The zero-order chi connectivity index (χ0) is 21.2. The van der Waals surface area contributed by atoms with E-state index in [-0.39, 0.29) is 37.5 Å². The molecule has 0 radical (unpaired) electrons. The Bertz CT molecular complexity index is 855. The van der Waals surface area contributed by atoms with Gasteiger partial charge >= 0.3 is 17.7 Å². The molecule has 2 aromatic carbocycles. The van der Waals surface area contributed by atoms with E-state index >= 15 is 0 Å². The van der Waals surface area contributed by atoms with E-state index < -0.39 is 23.0 Å². The van der Waals surface area contributed by atoms with E-state index in [2.05, 4.69) is 5.32 Å². The summed E-state index contributed by atoms with van der Waals surface area (Å²) in [4.78, 5) is 33.7. The lowest BCUT2D eigenvalue weighted by Crippen LogP contribution is -2.41. The minimum absolute atomic E-state index is 0.0269. The summed E-state index contributed by atoms with van der Waals surface area (Å²) in [5, 5.41) is 22.6. The number of alkyl carbamates (subject to hydrolysis) is 1. The van der Waals surface area contributed by atoms with Gasteiger partial charge in [-0.1, -0.05) is 36.4 Å². The lowest BCUT2D eigenvalue weighted by atomic mass is 10.1. The number of aryl methyl sites for hydroxylation is 1. The summed E-state index contributed by atoms with van der Waals surface area (Å²) in [5.41, 5.74) is 1.42. The van der Waals surface area contributed by atoms with Crippen LogP contribution in [0.2, 0.25) is 0 Å². The van der Waals surface area contributed by atoms with Crippen LogP contribution >= 0.6 is 0 Å². The summed E-state index contributed by atoms with van der Waals surface area (Å²) in [6.07, 6.45) is -0.493. The average molecular weight is 402 g/mol. The Labute approximate surface area is 167 Å². The van der Waals surface area contributed by atoms with Crippen molar-refractivity contribution in [3.8, 4) is 5.75 Å². The number of nitro groups is 1. The monoisotopic (exact) mass is 402 g/mol. The van der Waals surface area contributed by atoms with Crippen molar-refractivity contribution in [2.24, 2.45) is 0 Å². The lowest BCUT2D eigenvalue weighted by molar-refractivity contribution is -0.385. The Balaban J connectivity index is 1.81. The first-order valence-electron chi connectivity index (χ1n) is 8.94. The number of nitrogens with one attached hydrogen (secondary N) is 1. The molecular weight excluding hydrogens is 380 g/mol. The standard InChI is InChI=1S/C20H22N2O7/c1-14-9-10-17(22(26)27)18(12-14)28-11-5-8-16(19(23)24)21-20(25)29-13-15-6-3-2-4-7-15/h2-4,6-7,9-10,12,16H,5,8,11,13H2,1H3,(H,21,25)(H,23,24)/t16-/m0/s1. The van der Waals surface area contributed by atoms with Crippen LogP contribution < -0.4 is 10.1 Å². The number of nitrogens with zero attached hydrogens (tertiary/aromatic N) is 1. The predicted octanol–water partition coefficient (Wildman–Crippen LogP) is 3.44. The first-order chi connectivity index (χ1) is 13.9. The highest BCUT2D eigenvalue weighted by Crippen LogP contribution is 2.27. The number of carboxylic acid groups (broad SMARTS) is 1. The van der Waals surface area contributed by atoms with Crippen molar-refractivity contribution in [2.75, 3.05) is 6.61 Å². The van der Waals surface area contributed by atoms with Crippen molar-refractivity contribution >= 4 is 17.7 Å². The summed E-state index contributed by atoms with van der Waals surface area (Å²) in [5.74, 6) is -1.08. The largest absolute Gasteiger partial charge is 0.487 e. The van der Waals surface area contributed by atoms with Crippen LogP contribution in [0.3, 0.4) is 0 Å². The van der Waals surface area contributed by atoms with E-state index in [4.69, 9.17) is 9.47 Å². The Kier molecular flexibility index (Phi) is 7.96. The van der Waals surface area contributed by atoms with Gasteiger partial charge in [0.25, 0.3) is 0 Å². The van der Waals surface area contributed by atoms with Crippen LogP contribution in [0.5, 0.6) is 5.75 Å². The minimum atomic E-state index is -1.21. The number of aliphatic carboxylic acids is 1. The summed E-state index contributed by atoms with van der Waals surface area (Å²) < 4.78 is 10.5. The maximum absolute atomic E-state index is 11.8. The zero-order valence-electron chi connectivity index (χ0n) is 15.9. The van der Waals surface area contributed by atoms with Crippen molar-refractivity contribution < 1.29 is 29.1 Å². The average Bonchev–Trinajstić information content (AvgIpc) is 2.69. The van der Waals surface area contributed by atoms with E-state index in [9.17, 15) is 24.8 Å². The van der Waals surface area contributed by atoms with E-state index in [0.717, 1.165) is 11.1 Å². The molecule has 2 N–H and O–H groups in total. The lowest BCUT2D eigenvalue weighted by Gasteiger charge is -2.15. The van der Waals surface area contributed by atoms with Gasteiger partial charge < -0.3 is 19.9 Å².